The van der Waals surface area contributed by atoms with Gasteiger partial charge in [-0.1, -0.05) is 36.4 Å². The maximum atomic E-state index is 12.8. The Morgan fingerprint density at radius 1 is 0.941 bits per heavy atom. The first kappa shape index (κ1) is 24.1. The van der Waals surface area contributed by atoms with Crippen molar-refractivity contribution in [2.24, 2.45) is 11.8 Å². The smallest absolute Gasteiger partial charge is 0.260 e. The monoisotopic (exact) mass is 465 g/mol. The number of ether oxygens (including phenoxy) is 1. The van der Waals surface area contributed by atoms with E-state index in [4.69, 9.17) is 4.74 Å². The summed E-state index contributed by atoms with van der Waals surface area (Å²) >= 11 is 0. The van der Waals surface area contributed by atoms with E-state index in [1.165, 1.54) is 5.69 Å². The third-order valence-corrected chi connectivity index (χ3v) is 7.24. The number of likely N-dealkylation sites (tertiary alicyclic amines) is 1. The second-order valence-electron chi connectivity index (χ2n) is 9.44. The van der Waals surface area contributed by atoms with E-state index < -0.39 is 5.97 Å². The molecule has 0 unspecified atom stereocenters. The number of nitrogens with one attached hydrogen (secondary N) is 1. The van der Waals surface area contributed by atoms with Crippen LogP contribution in [0.25, 0.3) is 0 Å². The molecule has 0 saturated carbocycles. The number of carboxylic acids is 1. The van der Waals surface area contributed by atoms with Gasteiger partial charge in [-0.25, -0.2) is 0 Å². The summed E-state index contributed by atoms with van der Waals surface area (Å²) in [5.74, 6) is -0.117. The Morgan fingerprint density at radius 3 is 2.29 bits per heavy atom. The quantitative estimate of drug-likeness (QED) is 0.583. The van der Waals surface area contributed by atoms with Crippen molar-refractivity contribution in [2.45, 2.75) is 19.3 Å². The third-order valence-electron chi connectivity index (χ3n) is 7.24. The maximum absolute atomic E-state index is 12.8. The van der Waals surface area contributed by atoms with Gasteiger partial charge in [-0.2, -0.15) is 0 Å². The highest BCUT2D eigenvalue weighted by Gasteiger charge is 2.33. The minimum atomic E-state index is -0.994. The standard InChI is InChI=1S/C27H35N3O4/c31-26(21-34-25-9-5-2-6-10-25)30-14-12-22(19-27(32)33)23(20-30)11-13-28-15-17-29(18-16-28)24-7-3-1-4-8-24/h1-10,22-23H,11-21H2,(H,32,33)/t22-,23-/m0/s1. The maximum Gasteiger partial charge on any atom is 0.260 e. The summed E-state index contributed by atoms with van der Waals surface area (Å²) in [6.45, 7) is 6.36. The van der Waals surface area contributed by atoms with Crippen molar-refractivity contribution in [1.29, 1.82) is 0 Å². The number of hydrogen-bond acceptors (Lipinski definition) is 5. The number of piperidine rings is 1. The largest absolute Gasteiger partial charge is 0.550 e. The number of quaternary nitrogens is 1. The number of piperazine rings is 1. The van der Waals surface area contributed by atoms with E-state index in [1.807, 2.05) is 41.3 Å². The number of benzene rings is 2. The molecule has 34 heavy (non-hydrogen) atoms. The lowest BCUT2D eigenvalue weighted by molar-refractivity contribution is -0.901. The van der Waals surface area contributed by atoms with Gasteiger partial charge >= 0.3 is 0 Å². The summed E-state index contributed by atoms with van der Waals surface area (Å²) in [5, 5.41) is 11.3. The van der Waals surface area contributed by atoms with Gasteiger partial charge in [-0.3, -0.25) is 4.79 Å². The summed E-state index contributed by atoms with van der Waals surface area (Å²) in [5.41, 5.74) is 1.27. The van der Waals surface area contributed by atoms with E-state index in [1.54, 1.807) is 4.90 Å². The zero-order valence-corrected chi connectivity index (χ0v) is 19.7. The SMILES string of the molecule is O=C([O-])C[C@@H]1CCN(C(=O)COc2ccccc2)C[C@@H]1CC[NH+]1CCN(c2ccccc2)CC1. The molecule has 0 spiro atoms. The molecular weight excluding hydrogens is 430 g/mol. The Balaban J connectivity index is 1.27. The molecule has 2 aromatic carbocycles. The molecule has 2 heterocycles. The van der Waals surface area contributed by atoms with Gasteiger partial charge in [0.1, 0.15) is 5.75 Å². The Hall–Kier alpha value is -3.06. The first-order chi connectivity index (χ1) is 16.6. The summed E-state index contributed by atoms with van der Waals surface area (Å²) in [7, 11) is 0. The summed E-state index contributed by atoms with van der Waals surface area (Å²) < 4.78 is 5.65. The number of para-hydroxylation sites is 2. The van der Waals surface area contributed by atoms with Crippen molar-refractivity contribution in [1.82, 2.24) is 4.90 Å². The fourth-order valence-corrected chi connectivity index (χ4v) is 5.23. The van der Waals surface area contributed by atoms with Crippen molar-refractivity contribution < 1.29 is 24.3 Å². The number of aliphatic carboxylic acids is 1. The fraction of sp³-hybridized carbons (Fsp3) is 0.481. The average Bonchev–Trinajstić information content (AvgIpc) is 2.88. The summed E-state index contributed by atoms with van der Waals surface area (Å²) in [6.07, 6.45) is 1.69. The summed E-state index contributed by atoms with van der Waals surface area (Å²) in [6, 6.07) is 19.8. The molecular formula is C27H35N3O4. The van der Waals surface area contributed by atoms with Gasteiger partial charge in [0, 0.05) is 31.2 Å². The number of carbonyl (C=O) groups excluding carboxylic acids is 2. The number of amides is 1. The van der Waals surface area contributed by atoms with Crippen molar-refractivity contribution in [3.8, 4) is 5.75 Å². The molecule has 2 fully saturated rings. The van der Waals surface area contributed by atoms with Crippen LogP contribution in [0.5, 0.6) is 5.75 Å². The number of rotatable bonds is 9. The molecule has 7 nitrogen and oxygen atoms in total. The molecule has 1 amide bonds. The van der Waals surface area contributed by atoms with Crippen LogP contribution >= 0.6 is 0 Å². The Morgan fingerprint density at radius 2 is 1.62 bits per heavy atom. The van der Waals surface area contributed by atoms with E-state index in [0.717, 1.165) is 39.1 Å². The molecule has 0 radical (unpaired) electrons. The highest BCUT2D eigenvalue weighted by molar-refractivity contribution is 5.78. The van der Waals surface area contributed by atoms with Gasteiger partial charge in [-0.05, 0) is 48.9 Å². The van der Waals surface area contributed by atoms with Crippen LogP contribution in [0.3, 0.4) is 0 Å². The van der Waals surface area contributed by atoms with Crippen molar-refractivity contribution >= 4 is 17.6 Å². The van der Waals surface area contributed by atoms with Crippen LogP contribution < -0.4 is 19.6 Å². The van der Waals surface area contributed by atoms with Gasteiger partial charge in [0.2, 0.25) is 0 Å². The van der Waals surface area contributed by atoms with E-state index in [-0.39, 0.29) is 30.8 Å². The van der Waals surface area contributed by atoms with E-state index in [0.29, 0.717) is 25.3 Å². The minimum absolute atomic E-state index is 0.00851. The lowest BCUT2D eigenvalue weighted by Crippen LogP contribution is -3.15. The minimum Gasteiger partial charge on any atom is -0.550 e. The highest BCUT2D eigenvalue weighted by Crippen LogP contribution is 2.29. The fourth-order valence-electron chi connectivity index (χ4n) is 5.23. The normalized spacial score (nSPS) is 21.3. The molecule has 1 N–H and O–H groups in total. The molecule has 2 aliphatic rings. The lowest BCUT2D eigenvalue weighted by atomic mass is 9.81. The van der Waals surface area contributed by atoms with Crippen molar-refractivity contribution in [3.63, 3.8) is 0 Å². The molecule has 0 bridgehead atoms. The number of carboxylic acid groups (broad SMARTS) is 1. The van der Waals surface area contributed by atoms with Crippen LogP contribution in [0.1, 0.15) is 19.3 Å². The van der Waals surface area contributed by atoms with Crippen LogP contribution in [0.2, 0.25) is 0 Å². The molecule has 4 rings (SSSR count). The number of nitrogens with zero attached hydrogens (tertiary/aromatic N) is 2. The molecule has 2 aliphatic heterocycles. The van der Waals surface area contributed by atoms with Gasteiger partial charge in [0.25, 0.3) is 5.91 Å². The molecule has 182 valence electrons. The summed E-state index contributed by atoms with van der Waals surface area (Å²) in [4.78, 5) is 30.0. The zero-order chi connectivity index (χ0) is 23.8. The van der Waals surface area contributed by atoms with Crippen molar-refractivity contribution in [3.05, 3.63) is 60.7 Å². The van der Waals surface area contributed by atoms with Gasteiger partial charge in [0.15, 0.2) is 6.61 Å². The predicted molar refractivity (Wildman–Crippen MR) is 129 cm³/mol. The third kappa shape index (κ3) is 6.73. The molecule has 2 atom stereocenters. The first-order valence-electron chi connectivity index (χ1n) is 12.4. The van der Waals surface area contributed by atoms with Crippen LogP contribution in [0.4, 0.5) is 5.69 Å². The van der Waals surface area contributed by atoms with Gasteiger partial charge in [0.05, 0.1) is 32.7 Å². The molecule has 7 heteroatoms. The second-order valence-corrected chi connectivity index (χ2v) is 9.44. The van der Waals surface area contributed by atoms with Crippen molar-refractivity contribution in [2.75, 3.05) is 57.3 Å². The molecule has 2 saturated heterocycles. The molecule has 0 aromatic heterocycles. The Labute approximate surface area is 201 Å². The van der Waals surface area contributed by atoms with Crippen LogP contribution in [-0.2, 0) is 9.59 Å². The van der Waals surface area contributed by atoms with E-state index in [2.05, 4.69) is 29.2 Å². The number of hydrogen-bond donors (Lipinski definition) is 1. The Kier molecular flexibility index (Phi) is 8.41. The topological polar surface area (TPSA) is 77.3 Å². The van der Waals surface area contributed by atoms with Crippen LogP contribution in [0.15, 0.2) is 60.7 Å². The second kappa shape index (κ2) is 11.9. The van der Waals surface area contributed by atoms with E-state index in [9.17, 15) is 14.7 Å². The average molecular weight is 466 g/mol. The van der Waals surface area contributed by atoms with Gasteiger partial charge in [-0.15, -0.1) is 0 Å². The zero-order valence-electron chi connectivity index (χ0n) is 19.7. The lowest BCUT2D eigenvalue weighted by Gasteiger charge is -2.40. The predicted octanol–water partition coefficient (Wildman–Crippen LogP) is 0.465. The van der Waals surface area contributed by atoms with E-state index >= 15 is 0 Å². The molecule has 0 aliphatic carbocycles. The Bertz CT molecular complexity index is 916. The van der Waals surface area contributed by atoms with Gasteiger partial charge < -0.3 is 29.3 Å². The first-order valence-corrected chi connectivity index (χ1v) is 12.4. The molecule has 2 aromatic rings. The number of carbonyl (C=O) groups is 2. The van der Waals surface area contributed by atoms with Crippen LogP contribution in [0, 0.1) is 11.8 Å². The number of anilines is 1. The van der Waals surface area contributed by atoms with Crippen LogP contribution in [-0.4, -0.2) is 69.2 Å². The highest BCUT2D eigenvalue weighted by atomic mass is 16.5.